The molecular weight excluding hydrogens is 757 g/mol. The Balaban J connectivity index is 1.14. The van der Waals surface area contributed by atoms with Crippen molar-refractivity contribution in [1.29, 1.82) is 0 Å². The average molecular weight is 788 g/mol. The lowest BCUT2D eigenvalue weighted by Gasteiger charge is -2.35. The molecule has 0 saturated carbocycles. The Hall–Kier alpha value is -6.27. The van der Waals surface area contributed by atoms with Gasteiger partial charge >= 0.3 is 0 Å². The number of aromatic nitrogens is 1. The van der Waals surface area contributed by atoms with Crippen molar-refractivity contribution in [3.8, 4) is 21.7 Å². The highest BCUT2D eigenvalue weighted by Crippen LogP contribution is 2.57. The van der Waals surface area contributed by atoms with E-state index in [0.717, 1.165) is 59.6 Å². The zero-order valence-corrected chi connectivity index (χ0v) is 31.9. The minimum absolute atomic E-state index is 0.509. The summed E-state index contributed by atoms with van der Waals surface area (Å²) in [6, 6.07) is 67.9. The lowest BCUT2D eigenvalue weighted by Crippen LogP contribution is -2.28. The summed E-state index contributed by atoms with van der Waals surface area (Å²) in [7, 11) is 0. The lowest BCUT2D eigenvalue weighted by molar-refractivity contribution is 0.668. The van der Waals surface area contributed by atoms with Crippen LogP contribution in [0.15, 0.2) is 197 Å². The Morgan fingerprint density at radius 2 is 1.16 bits per heavy atom. The molecule has 0 unspecified atom stereocenters. The smallest absolute Gasteiger partial charge is 0.136 e. The first kappa shape index (κ1) is 32.2. The number of furan rings is 1. The van der Waals surface area contributed by atoms with E-state index < -0.39 is 5.41 Å². The first-order valence-electron chi connectivity index (χ1n) is 18.4. The van der Waals surface area contributed by atoms with Gasteiger partial charge in [-0.2, -0.15) is 0 Å². The number of halogens is 1. The second kappa shape index (κ2) is 12.7. The van der Waals surface area contributed by atoms with Gasteiger partial charge in [0.2, 0.25) is 0 Å². The van der Waals surface area contributed by atoms with Gasteiger partial charge in [-0.05, 0) is 118 Å². The third-order valence-corrected chi connectivity index (χ3v) is 12.6. The Morgan fingerprint density at radius 1 is 0.509 bits per heavy atom. The van der Waals surface area contributed by atoms with Gasteiger partial charge in [-0.25, -0.2) is 4.98 Å². The summed E-state index contributed by atoms with van der Waals surface area (Å²) in [4.78, 5) is 7.34. The van der Waals surface area contributed by atoms with Gasteiger partial charge in [0.25, 0.3) is 0 Å². The number of anilines is 3. The summed E-state index contributed by atoms with van der Waals surface area (Å²) < 4.78 is 8.52. The van der Waals surface area contributed by atoms with E-state index >= 15 is 0 Å². The predicted molar refractivity (Wildman–Crippen MR) is 232 cm³/mol. The molecule has 55 heavy (non-hydrogen) atoms. The number of thiazole rings is 1. The fraction of sp³-hybridized carbons (Fsp3) is 0.0200. The molecule has 2 aromatic heterocycles. The van der Waals surface area contributed by atoms with Crippen LogP contribution in [0.5, 0.6) is 0 Å². The van der Waals surface area contributed by atoms with E-state index in [0.29, 0.717) is 0 Å². The van der Waals surface area contributed by atoms with Crippen LogP contribution < -0.4 is 4.90 Å². The summed E-state index contributed by atoms with van der Waals surface area (Å²) in [6.45, 7) is 0. The van der Waals surface area contributed by atoms with Gasteiger partial charge < -0.3 is 9.32 Å². The van der Waals surface area contributed by atoms with Crippen LogP contribution in [0.4, 0.5) is 17.1 Å². The average Bonchev–Trinajstić information content (AvgIpc) is 3.92. The predicted octanol–water partition coefficient (Wildman–Crippen LogP) is 14.5. The van der Waals surface area contributed by atoms with Crippen LogP contribution in [-0.2, 0) is 5.41 Å². The van der Waals surface area contributed by atoms with Crippen LogP contribution in [0, 0.1) is 0 Å². The molecule has 0 radical (unpaired) electrons. The maximum Gasteiger partial charge on any atom is 0.136 e. The van der Waals surface area contributed by atoms with Crippen molar-refractivity contribution in [2.24, 2.45) is 0 Å². The van der Waals surface area contributed by atoms with Crippen molar-refractivity contribution in [1.82, 2.24) is 4.98 Å². The van der Waals surface area contributed by atoms with Crippen LogP contribution in [0.1, 0.15) is 22.3 Å². The van der Waals surface area contributed by atoms with Crippen LogP contribution >= 0.6 is 27.3 Å². The quantitative estimate of drug-likeness (QED) is 0.168. The molecule has 3 nitrogen and oxygen atoms in total. The Labute approximate surface area is 330 Å². The highest BCUT2D eigenvalue weighted by Gasteiger charge is 2.46. The standard InChI is InChI=1S/C50H31BrN2OS/c51-35-21-26-41-42-30-37(25-28-46(42)54-47(41)29-35)53(36-22-19-32(20-23-36)49-52-45-17-9-10-18-48(45)55-49)38-24-27-40-39-15-7-8-16-43(39)50(44(40)31-38,33-11-3-1-4-12-33)34-13-5-2-6-14-34/h1-31H. The zero-order valence-electron chi connectivity index (χ0n) is 29.5. The molecule has 10 aromatic rings. The van der Waals surface area contributed by atoms with E-state index in [1.165, 1.54) is 38.1 Å². The Bertz CT molecular complexity index is 2990. The monoisotopic (exact) mass is 786 g/mol. The van der Waals surface area contributed by atoms with Gasteiger partial charge in [-0.15, -0.1) is 11.3 Å². The lowest BCUT2D eigenvalue weighted by atomic mass is 9.67. The van der Waals surface area contributed by atoms with E-state index in [2.05, 4.69) is 197 Å². The van der Waals surface area contributed by atoms with Gasteiger partial charge in [-0.3, -0.25) is 0 Å². The van der Waals surface area contributed by atoms with E-state index in [4.69, 9.17) is 9.40 Å². The molecule has 0 spiro atoms. The van der Waals surface area contributed by atoms with Crippen molar-refractivity contribution in [3.05, 3.63) is 215 Å². The number of para-hydroxylation sites is 1. The minimum Gasteiger partial charge on any atom is -0.456 e. The molecule has 0 bridgehead atoms. The molecule has 1 aliphatic carbocycles. The fourth-order valence-corrected chi connectivity index (χ4v) is 9.96. The number of nitrogens with zero attached hydrogens (tertiary/aromatic N) is 2. The summed E-state index contributed by atoms with van der Waals surface area (Å²) in [5.74, 6) is 0. The Morgan fingerprint density at radius 3 is 1.95 bits per heavy atom. The molecule has 5 heteroatoms. The maximum atomic E-state index is 6.34. The molecule has 8 aromatic carbocycles. The van der Waals surface area contributed by atoms with Crippen molar-refractivity contribution in [2.75, 3.05) is 4.90 Å². The zero-order chi connectivity index (χ0) is 36.5. The molecule has 260 valence electrons. The molecule has 0 N–H and O–H groups in total. The molecule has 0 fully saturated rings. The largest absolute Gasteiger partial charge is 0.456 e. The molecule has 0 atom stereocenters. The van der Waals surface area contributed by atoms with Crippen molar-refractivity contribution < 1.29 is 4.42 Å². The summed E-state index contributed by atoms with van der Waals surface area (Å²) >= 11 is 5.35. The van der Waals surface area contributed by atoms with E-state index in [-0.39, 0.29) is 0 Å². The summed E-state index contributed by atoms with van der Waals surface area (Å²) in [6.07, 6.45) is 0. The van der Waals surface area contributed by atoms with Crippen molar-refractivity contribution >= 4 is 76.5 Å². The highest BCUT2D eigenvalue weighted by molar-refractivity contribution is 9.10. The minimum atomic E-state index is -0.509. The summed E-state index contributed by atoms with van der Waals surface area (Å²) in [5, 5.41) is 3.18. The summed E-state index contributed by atoms with van der Waals surface area (Å²) in [5.41, 5.74) is 14.1. The third-order valence-electron chi connectivity index (χ3n) is 11.0. The number of fused-ring (bicyclic) bond motifs is 7. The molecule has 2 heterocycles. The maximum absolute atomic E-state index is 6.34. The molecule has 0 aliphatic heterocycles. The number of benzene rings is 8. The van der Waals surface area contributed by atoms with E-state index in [1.807, 2.05) is 12.1 Å². The van der Waals surface area contributed by atoms with Crippen molar-refractivity contribution in [3.63, 3.8) is 0 Å². The van der Waals surface area contributed by atoms with Gasteiger partial charge in [0, 0.05) is 37.9 Å². The van der Waals surface area contributed by atoms with Gasteiger partial charge in [-0.1, -0.05) is 119 Å². The van der Waals surface area contributed by atoms with Gasteiger partial charge in [0.15, 0.2) is 0 Å². The van der Waals surface area contributed by atoms with Crippen LogP contribution in [0.25, 0.3) is 53.9 Å². The van der Waals surface area contributed by atoms with Crippen LogP contribution in [0.3, 0.4) is 0 Å². The van der Waals surface area contributed by atoms with E-state index in [9.17, 15) is 0 Å². The molecule has 11 rings (SSSR count). The molecule has 0 saturated heterocycles. The van der Waals surface area contributed by atoms with Gasteiger partial charge in [0.1, 0.15) is 16.2 Å². The SMILES string of the molecule is Brc1ccc2c(c1)oc1ccc(N(c3ccc(-c4nc5ccccc5s4)cc3)c3ccc4c(c3)C(c3ccccc3)(c3ccccc3)c3ccccc3-4)cc12. The Kier molecular flexibility index (Phi) is 7.41. The fourth-order valence-electron chi connectivity index (χ4n) is 8.65. The molecular formula is C50H31BrN2OS. The second-order valence-corrected chi connectivity index (χ2v) is 16.0. The van der Waals surface area contributed by atoms with Crippen molar-refractivity contribution in [2.45, 2.75) is 5.41 Å². The third kappa shape index (κ3) is 5.04. The topological polar surface area (TPSA) is 29.3 Å². The highest BCUT2D eigenvalue weighted by atomic mass is 79.9. The van der Waals surface area contributed by atoms with Crippen LogP contribution in [0.2, 0.25) is 0 Å². The van der Waals surface area contributed by atoms with Gasteiger partial charge in [0.05, 0.1) is 15.6 Å². The number of hydrogen-bond donors (Lipinski definition) is 0. The van der Waals surface area contributed by atoms with Crippen LogP contribution in [-0.4, -0.2) is 4.98 Å². The first-order valence-corrected chi connectivity index (χ1v) is 20.0. The normalized spacial score (nSPS) is 13.0. The second-order valence-electron chi connectivity index (χ2n) is 14.0. The number of rotatable bonds is 6. The molecule has 0 amide bonds. The first-order chi connectivity index (χ1) is 27.1. The molecule has 1 aliphatic rings. The van der Waals surface area contributed by atoms with E-state index in [1.54, 1.807) is 11.3 Å². The number of hydrogen-bond acceptors (Lipinski definition) is 4.